The van der Waals surface area contributed by atoms with Crippen molar-refractivity contribution in [2.75, 3.05) is 5.32 Å². The van der Waals surface area contributed by atoms with Gasteiger partial charge in [0.2, 0.25) is 0 Å². The number of hydrogen-bond donors (Lipinski definition) is 2. The summed E-state index contributed by atoms with van der Waals surface area (Å²) in [4.78, 5) is 10.7. The van der Waals surface area contributed by atoms with E-state index in [0.717, 1.165) is 38.4 Å². The first-order valence-electron chi connectivity index (χ1n) is 8.97. The first-order valence-corrected chi connectivity index (χ1v) is 10.3. The molecule has 28 heavy (non-hydrogen) atoms. The van der Waals surface area contributed by atoms with E-state index >= 15 is 0 Å². The summed E-state index contributed by atoms with van der Waals surface area (Å²) in [6, 6.07) is 16.2. The molecule has 0 spiro atoms. The van der Waals surface area contributed by atoms with Crippen molar-refractivity contribution in [2.45, 2.75) is 19.4 Å². The largest absolute Gasteiger partial charge is 0.481 e. The number of hydrogen-bond acceptors (Lipinski definition) is 3. The van der Waals surface area contributed by atoms with Crippen LogP contribution >= 0.6 is 22.9 Å². The molecule has 0 aliphatic rings. The Morgan fingerprint density at radius 1 is 1.11 bits per heavy atom. The predicted molar refractivity (Wildman–Crippen MR) is 116 cm³/mol. The number of rotatable bonds is 7. The maximum atomic E-state index is 10.7. The lowest BCUT2D eigenvalue weighted by molar-refractivity contribution is -0.136. The molecule has 2 N–H and O–H groups in total. The number of aromatic nitrogens is 1. The molecule has 2 aromatic heterocycles. The van der Waals surface area contributed by atoms with E-state index in [1.165, 1.54) is 0 Å². The molecule has 2 aromatic carbocycles. The zero-order valence-electron chi connectivity index (χ0n) is 15.1. The highest BCUT2D eigenvalue weighted by molar-refractivity contribution is 7.08. The number of nitrogens with one attached hydrogen (secondary N) is 1. The summed E-state index contributed by atoms with van der Waals surface area (Å²) in [6.07, 6.45) is 2.73. The van der Waals surface area contributed by atoms with E-state index in [1.54, 1.807) is 11.3 Å². The maximum Gasteiger partial charge on any atom is 0.303 e. The van der Waals surface area contributed by atoms with Crippen LogP contribution < -0.4 is 5.32 Å². The standard InChI is InChI=1S/C22H19ClN2O2S/c23-21-17(13-24-18-6-1-15(2-7-18)3-8-20(26)27)5-4-16-9-11-25(22(16)21)19-10-12-28-14-19/h1-2,4-7,9-12,14,24H,3,8,13H2,(H,26,27). The molecule has 0 bridgehead atoms. The molecule has 142 valence electrons. The van der Waals surface area contributed by atoms with E-state index in [2.05, 4.69) is 44.9 Å². The van der Waals surface area contributed by atoms with Gasteiger partial charge in [0.15, 0.2) is 0 Å². The molecular formula is C22H19ClN2O2S. The minimum atomic E-state index is -0.778. The van der Waals surface area contributed by atoms with E-state index < -0.39 is 5.97 Å². The van der Waals surface area contributed by atoms with Gasteiger partial charge in [0.05, 0.1) is 16.2 Å². The van der Waals surface area contributed by atoms with Gasteiger partial charge in [-0.2, -0.15) is 11.3 Å². The van der Waals surface area contributed by atoms with Gasteiger partial charge in [0.25, 0.3) is 0 Å². The Balaban J connectivity index is 1.51. The minimum Gasteiger partial charge on any atom is -0.481 e. The lowest BCUT2D eigenvalue weighted by atomic mass is 10.1. The molecule has 4 rings (SSSR count). The average molecular weight is 411 g/mol. The molecule has 0 saturated heterocycles. The van der Waals surface area contributed by atoms with E-state index in [9.17, 15) is 4.79 Å². The monoisotopic (exact) mass is 410 g/mol. The topological polar surface area (TPSA) is 54.3 Å². The van der Waals surface area contributed by atoms with Gasteiger partial charge in [-0.15, -0.1) is 0 Å². The molecule has 6 heteroatoms. The van der Waals surface area contributed by atoms with Crippen molar-refractivity contribution in [3.63, 3.8) is 0 Å². The summed E-state index contributed by atoms with van der Waals surface area (Å²) in [5.74, 6) is -0.778. The number of fused-ring (bicyclic) bond motifs is 1. The van der Waals surface area contributed by atoms with Crippen molar-refractivity contribution in [3.05, 3.63) is 81.6 Å². The van der Waals surface area contributed by atoms with Crippen LogP contribution in [-0.4, -0.2) is 15.6 Å². The Labute approximate surface area is 172 Å². The summed E-state index contributed by atoms with van der Waals surface area (Å²) in [5, 5.41) is 18.2. The smallest absolute Gasteiger partial charge is 0.303 e. The van der Waals surface area contributed by atoms with Crippen LogP contribution in [0.15, 0.2) is 65.5 Å². The van der Waals surface area contributed by atoms with Crippen molar-refractivity contribution in [1.82, 2.24) is 4.57 Å². The third kappa shape index (κ3) is 3.91. The number of thiophene rings is 1. The van der Waals surface area contributed by atoms with Gasteiger partial charge in [0, 0.05) is 35.6 Å². The normalized spacial score (nSPS) is 11.0. The molecule has 0 fully saturated rings. The number of aryl methyl sites for hydroxylation is 1. The lowest BCUT2D eigenvalue weighted by Gasteiger charge is -2.11. The van der Waals surface area contributed by atoms with E-state index in [4.69, 9.17) is 16.7 Å². The maximum absolute atomic E-state index is 10.7. The molecular weight excluding hydrogens is 392 g/mol. The van der Waals surface area contributed by atoms with Gasteiger partial charge in [0.1, 0.15) is 0 Å². The highest BCUT2D eigenvalue weighted by Gasteiger charge is 2.11. The number of carboxylic acid groups (broad SMARTS) is 1. The molecule has 0 atom stereocenters. The van der Waals surface area contributed by atoms with E-state index in [0.29, 0.717) is 13.0 Å². The summed E-state index contributed by atoms with van der Waals surface area (Å²) >= 11 is 8.42. The number of carboxylic acids is 1. The molecule has 2 heterocycles. The van der Waals surface area contributed by atoms with E-state index in [1.807, 2.05) is 30.5 Å². The van der Waals surface area contributed by atoms with Crippen molar-refractivity contribution in [2.24, 2.45) is 0 Å². The van der Waals surface area contributed by atoms with Crippen LogP contribution in [0.3, 0.4) is 0 Å². The molecule has 0 aliphatic carbocycles. The van der Waals surface area contributed by atoms with Gasteiger partial charge in [-0.3, -0.25) is 4.79 Å². The molecule has 0 unspecified atom stereocenters. The highest BCUT2D eigenvalue weighted by Crippen LogP contribution is 2.31. The third-order valence-electron chi connectivity index (χ3n) is 4.72. The second kappa shape index (κ2) is 8.09. The van der Waals surface area contributed by atoms with Crippen LogP contribution in [0.4, 0.5) is 5.69 Å². The zero-order valence-corrected chi connectivity index (χ0v) is 16.6. The van der Waals surface area contributed by atoms with Crippen molar-refractivity contribution < 1.29 is 9.90 Å². The van der Waals surface area contributed by atoms with Crippen molar-refractivity contribution in [3.8, 4) is 5.69 Å². The van der Waals surface area contributed by atoms with Crippen molar-refractivity contribution >= 4 is 45.5 Å². The Bertz CT molecular complexity index is 1100. The Hall–Kier alpha value is -2.76. The van der Waals surface area contributed by atoms with Gasteiger partial charge in [-0.05, 0) is 47.2 Å². The number of anilines is 1. The number of halogens is 1. The van der Waals surface area contributed by atoms with Crippen LogP contribution in [0.5, 0.6) is 0 Å². The number of nitrogens with zero attached hydrogens (tertiary/aromatic N) is 1. The van der Waals surface area contributed by atoms with Crippen LogP contribution in [0.1, 0.15) is 17.5 Å². The fourth-order valence-electron chi connectivity index (χ4n) is 3.21. The molecule has 0 amide bonds. The predicted octanol–water partition coefficient (Wildman–Crippen LogP) is 5.97. The van der Waals surface area contributed by atoms with Gasteiger partial charge < -0.3 is 15.0 Å². The van der Waals surface area contributed by atoms with Gasteiger partial charge in [-0.1, -0.05) is 35.9 Å². The summed E-state index contributed by atoms with van der Waals surface area (Å²) in [5.41, 5.74) is 5.15. The Kier molecular flexibility index (Phi) is 5.37. The molecule has 4 nitrogen and oxygen atoms in total. The van der Waals surface area contributed by atoms with Gasteiger partial charge in [-0.25, -0.2) is 0 Å². The molecule has 0 radical (unpaired) electrons. The lowest BCUT2D eigenvalue weighted by Crippen LogP contribution is -2.02. The second-order valence-electron chi connectivity index (χ2n) is 6.59. The number of aliphatic carboxylic acids is 1. The minimum absolute atomic E-state index is 0.145. The number of carbonyl (C=O) groups is 1. The second-order valence-corrected chi connectivity index (χ2v) is 7.75. The molecule has 4 aromatic rings. The van der Waals surface area contributed by atoms with Crippen LogP contribution in [0, 0.1) is 0 Å². The van der Waals surface area contributed by atoms with E-state index in [-0.39, 0.29) is 6.42 Å². The zero-order chi connectivity index (χ0) is 19.5. The average Bonchev–Trinajstić information content (AvgIpc) is 3.36. The third-order valence-corrected chi connectivity index (χ3v) is 5.81. The number of benzene rings is 2. The van der Waals surface area contributed by atoms with Crippen molar-refractivity contribution in [1.29, 1.82) is 0 Å². The molecule has 0 saturated carbocycles. The first kappa shape index (κ1) is 18.6. The Morgan fingerprint density at radius 3 is 2.64 bits per heavy atom. The Morgan fingerprint density at radius 2 is 1.93 bits per heavy atom. The van der Waals surface area contributed by atoms with Crippen LogP contribution in [-0.2, 0) is 17.8 Å². The van der Waals surface area contributed by atoms with Crippen LogP contribution in [0.25, 0.3) is 16.6 Å². The summed E-state index contributed by atoms with van der Waals surface area (Å²) in [7, 11) is 0. The fraction of sp³-hybridized carbons (Fsp3) is 0.136. The quantitative estimate of drug-likeness (QED) is 0.394. The first-order chi connectivity index (χ1) is 13.6. The fourth-order valence-corrected chi connectivity index (χ4v) is 4.17. The SMILES string of the molecule is O=C(O)CCc1ccc(NCc2ccc3ccn(-c4ccsc4)c3c2Cl)cc1. The highest BCUT2D eigenvalue weighted by atomic mass is 35.5. The molecule has 0 aliphatic heterocycles. The summed E-state index contributed by atoms with van der Waals surface area (Å²) < 4.78 is 2.12. The summed E-state index contributed by atoms with van der Waals surface area (Å²) in [6.45, 7) is 0.609. The van der Waals surface area contributed by atoms with Crippen LogP contribution in [0.2, 0.25) is 5.02 Å². The van der Waals surface area contributed by atoms with Gasteiger partial charge >= 0.3 is 5.97 Å².